The van der Waals surface area contributed by atoms with Crippen LogP contribution in [0.5, 0.6) is 0 Å². The summed E-state index contributed by atoms with van der Waals surface area (Å²) in [5, 5.41) is 12.7. The molecule has 0 amide bonds. The monoisotopic (exact) mass is 313 g/mol. The van der Waals surface area contributed by atoms with Gasteiger partial charge in [0.2, 0.25) is 0 Å². The number of nitrogens with zero attached hydrogens (tertiary/aromatic N) is 1. The van der Waals surface area contributed by atoms with Crippen LogP contribution in [0.15, 0.2) is 65.3 Å². The molecule has 0 saturated carbocycles. The summed E-state index contributed by atoms with van der Waals surface area (Å²) in [4.78, 5) is 4.24. The highest BCUT2D eigenvalue weighted by molar-refractivity contribution is 9.10. The van der Waals surface area contributed by atoms with Gasteiger partial charge < -0.3 is 5.11 Å². The zero-order valence-corrected chi connectivity index (χ0v) is 11.7. The summed E-state index contributed by atoms with van der Waals surface area (Å²) in [6.07, 6.45) is 0.963. The first-order valence-corrected chi connectivity index (χ1v) is 6.82. The van der Waals surface area contributed by atoms with E-state index in [1.54, 1.807) is 6.20 Å². The number of aliphatic hydroxyl groups is 1. The zero-order chi connectivity index (χ0) is 13.2. The van der Waals surface area contributed by atoms with Crippen LogP contribution in [-0.2, 0) is 0 Å². The predicted molar refractivity (Wildman–Crippen MR) is 79.9 cm³/mol. The van der Waals surface area contributed by atoms with Crippen molar-refractivity contribution in [3.8, 4) is 0 Å². The van der Waals surface area contributed by atoms with Gasteiger partial charge >= 0.3 is 0 Å². The van der Waals surface area contributed by atoms with Gasteiger partial charge in [-0.25, -0.2) is 0 Å². The van der Waals surface area contributed by atoms with Crippen LogP contribution in [0, 0.1) is 0 Å². The SMILES string of the molecule is OC(c1ccc2ccccc2c1)c1ncccc1Br. The molecular formula is C16H12BrNO. The van der Waals surface area contributed by atoms with E-state index in [-0.39, 0.29) is 0 Å². The number of hydrogen-bond acceptors (Lipinski definition) is 2. The molecule has 3 aromatic rings. The van der Waals surface area contributed by atoms with Gasteiger partial charge in [0, 0.05) is 10.7 Å². The van der Waals surface area contributed by atoms with Gasteiger partial charge in [0.05, 0.1) is 5.69 Å². The summed E-state index contributed by atoms with van der Waals surface area (Å²) >= 11 is 3.42. The normalized spacial score (nSPS) is 12.5. The fourth-order valence-corrected chi connectivity index (χ4v) is 2.61. The van der Waals surface area contributed by atoms with Crippen LogP contribution in [0.3, 0.4) is 0 Å². The van der Waals surface area contributed by atoms with Crippen LogP contribution in [0.2, 0.25) is 0 Å². The molecule has 0 aliphatic carbocycles. The fraction of sp³-hybridized carbons (Fsp3) is 0.0625. The fourth-order valence-electron chi connectivity index (χ4n) is 2.13. The Labute approximate surface area is 119 Å². The van der Waals surface area contributed by atoms with Crippen molar-refractivity contribution in [1.29, 1.82) is 0 Å². The van der Waals surface area contributed by atoms with Crippen molar-refractivity contribution >= 4 is 26.7 Å². The Morgan fingerprint density at radius 1 is 0.947 bits per heavy atom. The number of benzene rings is 2. The van der Waals surface area contributed by atoms with Crippen molar-refractivity contribution in [3.05, 3.63) is 76.5 Å². The number of hydrogen-bond donors (Lipinski definition) is 1. The minimum Gasteiger partial charge on any atom is -0.382 e. The third-order valence-corrected chi connectivity index (χ3v) is 3.81. The Balaban J connectivity index is 2.07. The lowest BCUT2D eigenvalue weighted by Crippen LogP contribution is -2.03. The number of aromatic nitrogens is 1. The highest BCUT2D eigenvalue weighted by Crippen LogP contribution is 2.28. The van der Waals surface area contributed by atoms with E-state index in [2.05, 4.69) is 27.0 Å². The largest absolute Gasteiger partial charge is 0.382 e. The van der Waals surface area contributed by atoms with Gasteiger partial charge in [0.25, 0.3) is 0 Å². The van der Waals surface area contributed by atoms with Crippen molar-refractivity contribution in [2.45, 2.75) is 6.10 Å². The van der Waals surface area contributed by atoms with Gasteiger partial charge in [-0.05, 0) is 50.5 Å². The predicted octanol–water partition coefficient (Wildman–Crippen LogP) is 4.08. The van der Waals surface area contributed by atoms with Gasteiger partial charge in [-0.3, -0.25) is 4.98 Å². The van der Waals surface area contributed by atoms with Crippen molar-refractivity contribution < 1.29 is 5.11 Å². The topological polar surface area (TPSA) is 33.1 Å². The first-order chi connectivity index (χ1) is 9.25. The molecule has 0 saturated heterocycles. The summed E-state index contributed by atoms with van der Waals surface area (Å²) in [6, 6.07) is 17.8. The maximum Gasteiger partial charge on any atom is 0.122 e. The molecule has 0 radical (unpaired) electrons. The summed E-state index contributed by atoms with van der Waals surface area (Å²) < 4.78 is 0.815. The molecule has 2 nitrogen and oxygen atoms in total. The Morgan fingerprint density at radius 3 is 2.53 bits per heavy atom. The van der Waals surface area contributed by atoms with E-state index in [9.17, 15) is 5.11 Å². The highest BCUT2D eigenvalue weighted by Gasteiger charge is 2.14. The average molecular weight is 314 g/mol. The second-order valence-corrected chi connectivity index (χ2v) is 5.23. The van der Waals surface area contributed by atoms with Gasteiger partial charge in [0.1, 0.15) is 6.10 Å². The molecule has 1 atom stereocenters. The number of rotatable bonds is 2. The molecule has 3 heteroatoms. The van der Waals surface area contributed by atoms with Gasteiger partial charge in [-0.2, -0.15) is 0 Å². The number of fused-ring (bicyclic) bond motifs is 1. The second kappa shape index (κ2) is 5.11. The van der Waals surface area contributed by atoms with Gasteiger partial charge in [0.15, 0.2) is 0 Å². The van der Waals surface area contributed by atoms with E-state index in [1.807, 2.05) is 48.5 Å². The molecule has 3 rings (SSSR count). The van der Waals surface area contributed by atoms with Crippen molar-refractivity contribution in [2.75, 3.05) is 0 Å². The Bertz CT molecular complexity index is 727. The Hall–Kier alpha value is -1.71. The van der Waals surface area contributed by atoms with Crippen LogP contribution < -0.4 is 0 Å². The average Bonchev–Trinajstić information content (AvgIpc) is 2.46. The molecule has 1 N–H and O–H groups in total. The van der Waals surface area contributed by atoms with E-state index >= 15 is 0 Å². The first kappa shape index (κ1) is 12.3. The number of pyridine rings is 1. The van der Waals surface area contributed by atoms with E-state index < -0.39 is 6.10 Å². The molecule has 0 aliphatic heterocycles. The molecule has 0 fully saturated rings. The van der Waals surface area contributed by atoms with Crippen molar-refractivity contribution in [3.63, 3.8) is 0 Å². The highest BCUT2D eigenvalue weighted by atomic mass is 79.9. The summed E-state index contributed by atoms with van der Waals surface area (Å²) in [5.74, 6) is 0. The molecule has 0 spiro atoms. The number of halogens is 1. The van der Waals surface area contributed by atoms with E-state index in [4.69, 9.17) is 0 Å². The lowest BCUT2D eigenvalue weighted by atomic mass is 10.0. The van der Waals surface area contributed by atoms with Crippen LogP contribution in [0.25, 0.3) is 10.8 Å². The van der Waals surface area contributed by atoms with E-state index in [0.29, 0.717) is 5.69 Å². The van der Waals surface area contributed by atoms with E-state index in [1.165, 1.54) is 5.39 Å². The van der Waals surface area contributed by atoms with Crippen LogP contribution in [0.4, 0.5) is 0 Å². The summed E-state index contributed by atoms with van der Waals surface area (Å²) in [7, 11) is 0. The molecule has 0 bridgehead atoms. The quantitative estimate of drug-likeness (QED) is 0.773. The smallest absolute Gasteiger partial charge is 0.122 e. The lowest BCUT2D eigenvalue weighted by Gasteiger charge is -2.12. The van der Waals surface area contributed by atoms with Crippen molar-refractivity contribution in [2.24, 2.45) is 0 Å². The molecule has 1 unspecified atom stereocenters. The Kier molecular flexibility index (Phi) is 3.32. The van der Waals surface area contributed by atoms with Gasteiger partial charge in [-0.15, -0.1) is 0 Å². The Morgan fingerprint density at radius 2 is 1.74 bits per heavy atom. The standard InChI is InChI=1S/C16H12BrNO/c17-14-6-3-9-18-15(14)16(19)13-8-7-11-4-1-2-5-12(11)10-13/h1-10,16,19H. The molecule has 0 aliphatic rings. The number of aliphatic hydroxyl groups excluding tert-OH is 1. The van der Waals surface area contributed by atoms with Crippen molar-refractivity contribution in [1.82, 2.24) is 4.98 Å². The molecule has 19 heavy (non-hydrogen) atoms. The minimum atomic E-state index is -0.722. The molecule has 1 aromatic heterocycles. The zero-order valence-electron chi connectivity index (χ0n) is 10.1. The minimum absolute atomic E-state index is 0.637. The van der Waals surface area contributed by atoms with Gasteiger partial charge in [-0.1, -0.05) is 36.4 Å². The molecule has 2 aromatic carbocycles. The maximum absolute atomic E-state index is 10.4. The summed E-state index contributed by atoms with van der Waals surface area (Å²) in [6.45, 7) is 0. The second-order valence-electron chi connectivity index (χ2n) is 4.38. The summed E-state index contributed by atoms with van der Waals surface area (Å²) in [5.41, 5.74) is 1.48. The van der Waals surface area contributed by atoms with Crippen LogP contribution >= 0.6 is 15.9 Å². The molecule has 1 heterocycles. The van der Waals surface area contributed by atoms with Crippen LogP contribution in [-0.4, -0.2) is 10.1 Å². The first-order valence-electron chi connectivity index (χ1n) is 6.03. The lowest BCUT2D eigenvalue weighted by molar-refractivity contribution is 0.214. The van der Waals surface area contributed by atoms with Crippen LogP contribution in [0.1, 0.15) is 17.4 Å². The molecule has 94 valence electrons. The third-order valence-electron chi connectivity index (χ3n) is 3.14. The maximum atomic E-state index is 10.4. The molecular weight excluding hydrogens is 302 g/mol. The third kappa shape index (κ3) is 2.39. The van der Waals surface area contributed by atoms with E-state index in [0.717, 1.165) is 15.4 Å².